The number of carboxylic acids is 1. The summed E-state index contributed by atoms with van der Waals surface area (Å²) < 4.78 is 1.76. The van der Waals surface area contributed by atoms with Crippen LogP contribution in [0.5, 0.6) is 0 Å². The Hall–Kier alpha value is -1.98. The third-order valence-corrected chi connectivity index (χ3v) is 3.61. The summed E-state index contributed by atoms with van der Waals surface area (Å²) in [5.41, 5.74) is 0.423. The lowest BCUT2D eigenvalue weighted by molar-refractivity contribution is -0.139. The van der Waals surface area contributed by atoms with Crippen molar-refractivity contribution < 1.29 is 9.90 Å². The van der Waals surface area contributed by atoms with Crippen LogP contribution in [0.4, 0.5) is 0 Å². The van der Waals surface area contributed by atoms with Gasteiger partial charge in [-0.2, -0.15) is 0 Å². The van der Waals surface area contributed by atoms with Gasteiger partial charge >= 0.3 is 5.97 Å². The molecule has 0 amide bonds. The van der Waals surface area contributed by atoms with Gasteiger partial charge in [-0.05, 0) is 5.41 Å². The van der Waals surface area contributed by atoms with Crippen molar-refractivity contribution >= 4 is 11.6 Å². The lowest BCUT2D eigenvalue weighted by Crippen LogP contribution is -2.03. The van der Waals surface area contributed by atoms with Gasteiger partial charge < -0.3 is 5.11 Å². The molecular weight excluding hydrogens is 220 g/mol. The average Bonchev–Trinajstić information content (AvgIpc) is 2.68. The van der Waals surface area contributed by atoms with Crippen molar-refractivity contribution in [2.75, 3.05) is 0 Å². The molecule has 1 aliphatic carbocycles. The standard InChI is InChI=1S/C11H12N4O2/c1-11(2)7(8(11)10(16)17)9-14-13-6-3-4-12-5-15(6)9/h3-5,7-8H,1-2H3,(H,16,17). The van der Waals surface area contributed by atoms with Crippen molar-refractivity contribution in [2.45, 2.75) is 19.8 Å². The molecule has 1 aliphatic rings. The van der Waals surface area contributed by atoms with Gasteiger partial charge in [0.2, 0.25) is 0 Å². The van der Waals surface area contributed by atoms with Crippen molar-refractivity contribution in [2.24, 2.45) is 11.3 Å². The van der Waals surface area contributed by atoms with Gasteiger partial charge in [0.15, 0.2) is 5.65 Å². The minimum atomic E-state index is -0.777. The first-order valence-corrected chi connectivity index (χ1v) is 5.41. The van der Waals surface area contributed by atoms with Crippen LogP contribution in [-0.4, -0.2) is 30.7 Å². The molecular formula is C11H12N4O2. The zero-order valence-electron chi connectivity index (χ0n) is 9.53. The summed E-state index contributed by atoms with van der Waals surface area (Å²) in [5.74, 6) is -0.583. The maximum Gasteiger partial charge on any atom is 0.307 e. The minimum absolute atomic E-state index is 0.0980. The molecule has 17 heavy (non-hydrogen) atoms. The molecule has 0 saturated heterocycles. The number of carboxylic acid groups (broad SMARTS) is 1. The summed E-state index contributed by atoms with van der Waals surface area (Å²) in [4.78, 5) is 15.2. The van der Waals surface area contributed by atoms with Crippen molar-refractivity contribution in [1.82, 2.24) is 19.6 Å². The van der Waals surface area contributed by atoms with E-state index in [4.69, 9.17) is 5.11 Å². The molecule has 2 atom stereocenters. The second-order valence-electron chi connectivity index (χ2n) is 4.98. The van der Waals surface area contributed by atoms with Crippen molar-refractivity contribution in [3.8, 4) is 0 Å². The summed E-state index contributed by atoms with van der Waals surface area (Å²) in [7, 11) is 0. The lowest BCUT2D eigenvalue weighted by atomic mass is 10.1. The van der Waals surface area contributed by atoms with E-state index in [1.54, 1.807) is 23.0 Å². The topological polar surface area (TPSA) is 80.4 Å². The molecule has 1 fully saturated rings. The largest absolute Gasteiger partial charge is 0.481 e. The molecule has 6 nitrogen and oxygen atoms in total. The van der Waals surface area contributed by atoms with E-state index < -0.39 is 11.9 Å². The zero-order chi connectivity index (χ0) is 12.2. The monoisotopic (exact) mass is 232 g/mol. The van der Waals surface area contributed by atoms with E-state index in [0.717, 1.165) is 0 Å². The Kier molecular flexibility index (Phi) is 1.81. The van der Waals surface area contributed by atoms with Crippen LogP contribution in [0.3, 0.4) is 0 Å². The summed E-state index contributed by atoms with van der Waals surface area (Å²) in [6, 6.07) is 1.75. The van der Waals surface area contributed by atoms with Crippen molar-refractivity contribution in [3.05, 3.63) is 24.4 Å². The highest BCUT2D eigenvalue weighted by Gasteiger charge is 2.64. The van der Waals surface area contributed by atoms with Gasteiger partial charge in [-0.1, -0.05) is 13.8 Å². The highest BCUT2D eigenvalue weighted by molar-refractivity contribution is 5.77. The first-order valence-electron chi connectivity index (χ1n) is 5.41. The van der Waals surface area contributed by atoms with Crippen molar-refractivity contribution in [3.63, 3.8) is 0 Å². The van der Waals surface area contributed by atoms with Crippen LogP contribution in [0.2, 0.25) is 0 Å². The third-order valence-electron chi connectivity index (χ3n) is 3.61. The lowest BCUT2D eigenvalue weighted by Gasteiger charge is -1.99. The van der Waals surface area contributed by atoms with Crippen LogP contribution >= 0.6 is 0 Å². The fourth-order valence-electron chi connectivity index (χ4n) is 2.56. The van der Waals surface area contributed by atoms with Gasteiger partial charge in [-0.25, -0.2) is 4.98 Å². The minimum Gasteiger partial charge on any atom is -0.481 e. The molecule has 1 saturated carbocycles. The maximum atomic E-state index is 11.1. The molecule has 3 rings (SSSR count). The molecule has 2 heterocycles. The van der Waals surface area contributed by atoms with E-state index in [-0.39, 0.29) is 11.3 Å². The molecule has 2 unspecified atom stereocenters. The Labute approximate surface area is 97.3 Å². The first kappa shape index (κ1) is 10.2. The number of hydrogen-bond donors (Lipinski definition) is 1. The Bertz CT molecular complexity index is 604. The number of hydrogen-bond acceptors (Lipinski definition) is 4. The number of aromatic nitrogens is 4. The highest BCUT2D eigenvalue weighted by atomic mass is 16.4. The van der Waals surface area contributed by atoms with E-state index in [2.05, 4.69) is 15.2 Å². The Morgan fingerprint density at radius 2 is 2.24 bits per heavy atom. The van der Waals surface area contributed by atoms with E-state index >= 15 is 0 Å². The summed E-state index contributed by atoms with van der Waals surface area (Å²) >= 11 is 0. The molecule has 2 aromatic heterocycles. The number of rotatable bonds is 2. The summed E-state index contributed by atoms with van der Waals surface area (Å²) in [6.07, 6.45) is 3.26. The van der Waals surface area contributed by atoms with Crippen LogP contribution in [-0.2, 0) is 4.79 Å². The summed E-state index contributed by atoms with van der Waals surface area (Å²) in [6.45, 7) is 3.88. The van der Waals surface area contributed by atoms with Crippen LogP contribution in [0.25, 0.3) is 5.65 Å². The Balaban J connectivity index is 2.09. The normalized spacial score (nSPS) is 26.0. The number of aliphatic carboxylic acids is 1. The van der Waals surface area contributed by atoms with Gasteiger partial charge in [-0.3, -0.25) is 9.20 Å². The SMILES string of the molecule is CC1(C)C(C(=O)O)C1c1nnc2ccncn12. The predicted molar refractivity (Wildman–Crippen MR) is 58.4 cm³/mol. The smallest absolute Gasteiger partial charge is 0.307 e. The molecule has 0 spiro atoms. The van der Waals surface area contributed by atoms with Gasteiger partial charge in [-0.15, -0.1) is 10.2 Å². The van der Waals surface area contributed by atoms with Crippen LogP contribution in [0, 0.1) is 11.3 Å². The molecule has 1 N–H and O–H groups in total. The number of carbonyl (C=O) groups is 1. The number of nitrogens with zero attached hydrogens (tertiary/aromatic N) is 4. The fourth-order valence-corrected chi connectivity index (χ4v) is 2.56. The highest BCUT2D eigenvalue weighted by Crippen LogP contribution is 2.63. The van der Waals surface area contributed by atoms with E-state index in [1.807, 2.05) is 13.8 Å². The van der Waals surface area contributed by atoms with Crippen LogP contribution in [0.1, 0.15) is 25.6 Å². The van der Waals surface area contributed by atoms with Crippen molar-refractivity contribution in [1.29, 1.82) is 0 Å². The molecule has 88 valence electrons. The molecule has 0 aliphatic heterocycles. The summed E-state index contributed by atoms with van der Waals surface area (Å²) in [5, 5.41) is 17.3. The Morgan fingerprint density at radius 1 is 1.47 bits per heavy atom. The van der Waals surface area contributed by atoms with Gasteiger partial charge in [0.1, 0.15) is 12.2 Å². The molecule has 0 radical (unpaired) electrons. The Morgan fingerprint density at radius 3 is 2.88 bits per heavy atom. The first-order chi connectivity index (χ1) is 8.03. The van der Waals surface area contributed by atoms with Gasteiger partial charge in [0.25, 0.3) is 0 Å². The van der Waals surface area contributed by atoms with Gasteiger partial charge in [0, 0.05) is 18.2 Å². The van der Waals surface area contributed by atoms with E-state index in [0.29, 0.717) is 11.5 Å². The second-order valence-corrected chi connectivity index (χ2v) is 4.98. The van der Waals surface area contributed by atoms with Crippen LogP contribution < -0.4 is 0 Å². The third kappa shape index (κ3) is 1.26. The van der Waals surface area contributed by atoms with E-state index in [9.17, 15) is 4.79 Å². The molecule has 2 aromatic rings. The predicted octanol–water partition coefficient (Wildman–Crippen LogP) is 0.948. The number of fused-ring (bicyclic) bond motifs is 1. The molecule has 0 aromatic carbocycles. The molecule has 6 heteroatoms. The quantitative estimate of drug-likeness (QED) is 0.833. The van der Waals surface area contributed by atoms with E-state index in [1.165, 1.54) is 0 Å². The average molecular weight is 232 g/mol. The molecule has 0 bridgehead atoms. The second kappa shape index (κ2) is 3.03. The van der Waals surface area contributed by atoms with Crippen LogP contribution in [0.15, 0.2) is 18.6 Å². The zero-order valence-corrected chi connectivity index (χ0v) is 9.53. The van der Waals surface area contributed by atoms with Gasteiger partial charge in [0.05, 0.1) is 5.92 Å². The fraction of sp³-hybridized carbons (Fsp3) is 0.455. The maximum absolute atomic E-state index is 11.1.